The van der Waals surface area contributed by atoms with Gasteiger partial charge in [-0.05, 0) is 31.2 Å². The van der Waals surface area contributed by atoms with E-state index in [4.69, 9.17) is 11.6 Å². The molecule has 1 N–H and O–H groups in total. The van der Waals surface area contributed by atoms with Crippen LogP contribution in [0.25, 0.3) is 0 Å². The number of hydrogen-bond acceptors (Lipinski definition) is 2. The van der Waals surface area contributed by atoms with Crippen molar-refractivity contribution in [2.75, 3.05) is 16.8 Å². The number of hydrogen-bond donors (Lipinski definition) is 1. The molecule has 0 aliphatic carbocycles. The van der Waals surface area contributed by atoms with Gasteiger partial charge in [0.25, 0.3) is 0 Å². The molecule has 0 radical (unpaired) electrons. The average Bonchev–Trinajstić information content (AvgIpc) is 2.92. The number of halogens is 1. The number of nitrogens with one attached hydrogen (secondary N) is 1. The van der Waals surface area contributed by atoms with Gasteiger partial charge in [-0.3, -0.25) is 9.59 Å². The predicted octanol–water partition coefficient (Wildman–Crippen LogP) is 3.64. The number of benzene rings is 2. The van der Waals surface area contributed by atoms with Gasteiger partial charge in [0.1, 0.15) is 0 Å². The van der Waals surface area contributed by atoms with Gasteiger partial charge in [0.15, 0.2) is 0 Å². The van der Waals surface area contributed by atoms with Crippen molar-refractivity contribution in [3.05, 3.63) is 59.1 Å². The Bertz CT molecular complexity index is 743. The molecule has 1 aliphatic rings. The predicted molar refractivity (Wildman–Crippen MR) is 91.7 cm³/mol. The first-order valence-corrected chi connectivity index (χ1v) is 7.85. The zero-order chi connectivity index (χ0) is 16.4. The monoisotopic (exact) mass is 328 g/mol. The first-order chi connectivity index (χ1) is 11.0. The van der Waals surface area contributed by atoms with Crippen molar-refractivity contribution in [2.24, 2.45) is 5.92 Å². The lowest BCUT2D eigenvalue weighted by Gasteiger charge is -2.17. The molecule has 118 valence electrons. The van der Waals surface area contributed by atoms with Gasteiger partial charge in [0.05, 0.1) is 16.6 Å². The van der Waals surface area contributed by atoms with Gasteiger partial charge in [0.2, 0.25) is 11.8 Å². The van der Waals surface area contributed by atoms with E-state index in [0.29, 0.717) is 17.3 Å². The molecule has 1 aliphatic heterocycles. The number of anilines is 2. The molecule has 5 heteroatoms. The van der Waals surface area contributed by atoms with Gasteiger partial charge in [-0.25, -0.2) is 0 Å². The van der Waals surface area contributed by atoms with Crippen molar-refractivity contribution >= 4 is 34.8 Å². The van der Waals surface area contributed by atoms with E-state index in [1.54, 1.807) is 29.2 Å². The Hall–Kier alpha value is -2.33. The summed E-state index contributed by atoms with van der Waals surface area (Å²) in [7, 11) is 0. The minimum Gasteiger partial charge on any atom is -0.324 e. The second-order valence-electron chi connectivity index (χ2n) is 5.71. The Balaban J connectivity index is 1.71. The van der Waals surface area contributed by atoms with E-state index in [9.17, 15) is 9.59 Å². The molecule has 0 unspecified atom stereocenters. The Morgan fingerprint density at radius 1 is 1.17 bits per heavy atom. The third kappa shape index (κ3) is 3.37. The SMILES string of the molecule is Cc1ccc(N2C[C@H](C(=O)Nc3ccccc3Cl)CC2=O)cc1. The van der Waals surface area contributed by atoms with Crippen LogP contribution in [0, 0.1) is 12.8 Å². The minimum atomic E-state index is -0.375. The van der Waals surface area contributed by atoms with E-state index in [2.05, 4.69) is 5.32 Å². The lowest BCUT2D eigenvalue weighted by molar-refractivity contribution is -0.122. The molecule has 2 amide bonds. The second-order valence-corrected chi connectivity index (χ2v) is 6.12. The van der Waals surface area contributed by atoms with Crippen LogP contribution in [-0.2, 0) is 9.59 Å². The second kappa shape index (κ2) is 6.42. The van der Waals surface area contributed by atoms with Crippen LogP contribution in [0.2, 0.25) is 5.02 Å². The highest BCUT2D eigenvalue weighted by Gasteiger charge is 2.35. The standard InChI is InChI=1S/C18H17ClN2O2/c1-12-6-8-14(9-7-12)21-11-13(10-17(21)22)18(23)20-16-5-3-2-4-15(16)19/h2-9,13H,10-11H2,1H3,(H,20,23)/t13-/m1/s1. The van der Waals surface area contributed by atoms with E-state index in [1.807, 2.05) is 31.2 Å². The van der Waals surface area contributed by atoms with Gasteiger partial charge in [-0.2, -0.15) is 0 Å². The van der Waals surface area contributed by atoms with Crippen LogP contribution in [0.4, 0.5) is 11.4 Å². The lowest BCUT2D eigenvalue weighted by atomic mass is 10.1. The summed E-state index contributed by atoms with van der Waals surface area (Å²) in [5.41, 5.74) is 2.53. The van der Waals surface area contributed by atoms with Crippen molar-refractivity contribution in [2.45, 2.75) is 13.3 Å². The number of nitrogens with zero attached hydrogens (tertiary/aromatic N) is 1. The Kier molecular flexibility index (Phi) is 4.35. The molecule has 1 saturated heterocycles. The van der Waals surface area contributed by atoms with E-state index in [-0.39, 0.29) is 24.2 Å². The molecule has 0 aromatic heterocycles. The highest BCUT2D eigenvalue weighted by Crippen LogP contribution is 2.27. The van der Waals surface area contributed by atoms with E-state index in [0.717, 1.165) is 11.3 Å². The molecule has 1 atom stereocenters. The van der Waals surface area contributed by atoms with Crippen LogP contribution in [0.5, 0.6) is 0 Å². The quantitative estimate of drug-likeness (QED) is 0.935. The van der Waals surface area contributed by atoms with Crippen molar-refractivity contribution < 1.29 is 9.59 Å². The maximum atomic E-state index is 12.4. The maximum absolute atomic E-state index is 12.4. The summed E-state index contributed by atoms with van der Waals surface area (Å²) in [6.45, 7) is 2.38. The molecule has 2 aromatic rings. The summed E-state index contributed by atoms with van der Waals surface area (Å²) in [5.74, 6) is -0.589. The molecule has 0 saturated carbocycles. The van der Waals surface area contributed by atoms with Gasteiger partial charge in [-0.15, -0.1) is 0 Å². The molecule has 2 aromatic carbocycles. The van der Waals surface area contributed by atoms with Crippen molar-refractivity contribution in [3.63, 3.8) is 0 Å². The highest BCUT2D eigenvalue weighted by atomic mass is 35.5. The summed E-state index contributed by atoms with van der Waals surface area (Å²) < 4.78 is 0. The first kappa shape index (κ1) is 15.6. The number of carbonyl (C=O) groups excluding carboxylic acids is 2. The molecule has 0 bridgehead atoms. The van der Waals surface area contributed by atoms with Gasteiger partial charge in [-0.1, -0.05) is 41.4 Å². The molecular weight excluding hydrogens is 312 g/mol. The van der Waals surface area contributed by atoms with Crippen LogP contribution < -0.4 is 10.2 Å². The van der Waals surface area contributed by atoms with Crippen LogP contribution >= 0.6 is 11.6 Å². The fourth-order valence-corrected chi connectivity index (χ4v) is 2.84. The smallest absolute Gasteiger partial charge is 0.229 e. The summed E-state index contributed by atoms with van der Waals surface area (Å²) >= 11 is 6.05. The number of aryl methyl sites for hydroxylation is 1. The number of amides is 2. The molecule has 23 heavy (non-hydrogen) atoms. The third-order valence-corrected chi connectivity index (χ3v) is 4.30. The molecule has 4 nitrogen and oxygen atoms in total. The van der Waals surface area contributed by atoms with Gasteiger partial charge in [0, 0.05) is 18.7 Å². The maximum Gasteiger partial charge on any atom is 0.229 e. The Morgan fingerprint density at radius 3 is 2.57 bits per heavy atom. The third-order valence-electron chi connectivity index (χ3n) is 3.97. The summed E-state index contributed by atoms with van der Waals surface area (Å²) in [6, 6.07) is 14.8. The number of carbonyl (C=O) groups is 2. The minimum absolute atomic E-state index is 0.0341. The van der Waals surface area contributed by atoms with Crippen molar-refractivity contribution in [3.8, 4) is 0 Å². The molecule has 1 heterocycles. The fourth-order valence-electron chi connectivity index (χ4n) is 2.65. The summed E-state index contributed by atoms with van der Waals surface area (Å²) in [6.07, 6.45) is 0.212. The Labute approximate surface area is 140 Å². The average molecular weight is 329 g/mol. The fraction of sp³-hybridized carbons (Fsp3) is 0.222. The number of para-hydroxylation sites is 1. The van der Waals surface area contributed by atoms with Crippen molar-refractivity contribution in [1.29, 1.82) is 0 Å². The normalized spacial score (nSPS) is 17.4. The van der Waals surface area contributed by atoms with Gasteiger partial charge < -0.3 is 10.2 Å². The van der Waals surface area contributed by atoms with E-state index >= 15 is 0 Å². The molecular formula is C18H17ClN2O2. The van der Waals surface area contributed by atoms with Crippen LogP contribution in [0.1, 0.15) is 12.0 Å². The first-order valence-electron chi connectivity index (χ1n) is 7.47. The highest BCUT2D eigenvalue weighted by molar-refractivity contribution is 6.33. The largest absolute Gasteiger partial charge is 0.324 e. The van der Waals surface area contributed by atoms with Crippen molar-refractivity contribution in [1.82, 2.24) is 0 Å². The van der Waals surface area contributed by atoms with E-state index in [1.165, 1.54) is 0 Å². The lowest BCUT2D eigenvalue weighted by Crippen LogP contribution is -2.28. The molecule has 0 spiro atoms. The zero-order valence-electron chi connectivity index (χ0n) is 12.8. The Morgan fingerprint density at radius 2 is 1.87 bits per heavy atom. The zero-order valence-corrected chi connectivity index (χ0v) is 13.5. The molecule has 1 fully saturated rings. The van der Waals surface area contributed by atoms with Crippen LogP contribution in [0.3, 0.4) is 0 Å². The van der Waals surface area contributed by atoms with Gasteiger partial charge >= 0.3 is 0 Å². The van der Waals surface area contributed by atoms with E-state index < -0.39 is 0 Å². The summed E-state index contributed by atoms with van der Waals surface area (Å²) in [4.78, 5) is 26.3. The summed E-state index contributed by atoms with van der Waals surface area (Å²) in [5, 5.41) is 3.29. The van der Waals surface area contributed by atoms with Crippen LogP contribution in [-0.4, -0.2) is 18.4 Å². The molecule has 3 rings (SSSR count). The number of rotatable bonds is 3. The van der Waals surface area contributed by atoms with Crippen LogP contribution in [0.15, 0.2) is 48.5 Å². The topological polar surface area (TPSA) is 49.4 Å².